The molecule has 1 nitrogen and oxygen atoms in total. The minimum Gasteiger partial charge on any atom is -0.311 e. The van der Waals surface area contributed by atoms with Crippen molar-refractivity contribution < 1.29 is 4.39 Å². The second-order valence-corrected chi connectivity index (χ2v) is 5.89. The van der Waals surface area contributed by atoms with E-state index >= 15 is 0 Å². The average Bonchev–Trinajstić information content (AvgIpc) is 2.28. The van der Waals surface area contributed by atoms with Crippen LogP contribution in [0.5, 0.6) is 0 Å². The standard InChI is InChI=1S/C14H19BrFN/c1-10-3-2-4-13(17-10)8-6-11-5-7-12(15)9-14(11)16/h5,7,9-10,13,17H,2-4,6,8H2,1H3. The summed E-state index contributed by atoms with van der Waals surface area (Å²) in [5.41, 5.74) is 0.827. The number of rotatable bonds is 3. The number of halogens is 2. The van der Waals surface area contributed by atoms with Crippen molar-refractivity contribution in [1.82, 2.24) is 5.32 Å². The van der Waals surface area contributed by atoms with Crippen LogP contribution in [0.15, 0.2) is 22.7 Å². The normalized spacial score (nSPS) is 24.9. The van der Waals surface area contributed by atoms with Gasteiger partial charge in [0.15, 0.2) is 0 Å². The van der Waals surface area contributed by atoms with E-state index in [-0.39, 0.29) is 5.82 Å². The highest BCUT2D eigenvalue weighted by molar-refractivity contribution is 9.10. The third-order valence-electron chi connectivity index (χ3n) is 3.49. The SMILES string of the molecule is CC1CCCC(CCc2ccc(Br)cc2F)N1. The molecular weight excluding hydrogens is 281 g/mol. The highest BCUT2D eigenvalue weighted by atomic mass is 79.9. The fraction of sp³-hybridized carbons (Fsp3) is 0.571. The molecule has 2 atom stereocenters. The maximum absolute atomic E-state index is 13.6. The van der Waals surface area contributed by atoms with Gasteiger partial charge in [0.25, 0.3) is 0 Å². The first-order valence-corrected chi connectivity index (χ1v) is 7.14. The van der Waals surface area contributed by atoms with E-state index in [2.05, 4.69) is 28.2 Å². The Morgan fingerprint density at radius 1 is 1.41 bits per heavy atom. The zero-order chi connectivity index (χ0) is 12.3. The Bertz CT molecular complexity index is 380. The zero-order valence-electron chi connectivity index (χ0n) is 10.2. The summed E-state index contributed by atoms with van der Waals surface area (Å²) in [6.07, 6.45) is 5.64. The summed E-state index contributed by atoms with van der Waals surface area (Å²) in [6, 6.07) is 6.51. The molecule has 0 amide bonds. The van der Waals surface area contributed by atoms with E-state index in [1.54, 1.807) is 6.07 Å². The summed E-state index contributed by atoms with van der Waals surface area (Å²) in [4.78, 5) is 0. The molecule has 17 heavy (non-hydrogen) atoms. The van der Waals surface area contributed by atoms with E-state index in [1.807, 2.05) is 12.1 Å². The quantitative estimate of drug-likeness (QED) is 0.888. The van der Waals surface area contributed by atoms with Gasteiger partial charge in [-0.15, -0.1) is 0 Å². The van der Waals surface area contributed by atoms with Gasteiger partial charge in [0.2, 0.25) is 0 Å². The third-order valence-corrected chi connectivity index (χ3v) is 3.98. The molecule has 1 aliphatic heterocycles. The zero-order valence-corrected chi connectivity index (χ0v) is 11.8. The lowest BCUT2D eigenvalue weighted by molar-refractivity contribution is 0.321. The summed E-state index contributed by atoms with van der Waals surface area (Å²) >= 11 is 3.28. The molecular formula is C14H19BrFN. The predicted octanol–water partition coefficient (Wildman–Crippen LogP) is 4.05. The molecule has 1 aromatic rings. The highest BCUT2D eigenvalue weighted by Gasteiger charge is 2.17. The molecule has 1 fully saturated rings. The van der Waals surface area contributed by atoms with Crippen LogP contribution >= 0.6 is 15.9 Å². The Morgan fingerprint density at radius 2 is 2.24 bits per heavy atom. The maximum Gasteiger partial charge on any atom is 0.127 e. The van der Waals surface area contributed by atoms with Crippen LogP contribution in [0.3, 0.4) is 0 Å². The number of nitrogens with one attached hydrogen (secondary N) is 1. The molecule has 1 saturated heterocycles. The first-order chi connectivity index (χ1) is 8.15. The lowest BCUT2D eigenvalue weighted by atomic mass is 9.95. The van der Waals surface area contributed by atoms with Crippen molar-refractivity contribution in [3.8, 4) is 0 Å². The topological polar surface area (TPSA) is 12.0 Å². The first-order valence-electron chi connectivity index (χ1n) is 6.35. The molecule has 1 aromatic carbocycles. The molecule has 2 rings (SSSR count). The van der Waals surface area contributed by atoms with Gasteiger partial charge in [0.1, 0.15) is 5.82 Å². The van der Waals surface area contributed by atoms with Crippen LogP contribution in [0, 0.1) is 5.82 Å². The van der Waals surface area contributed by atoms with E-state index in [0.717, 1.165) is 22.9 Å². The summed E-state index contributed by atoms with van der Waals surface area (Å²) in [5, 5.41) is 3.59. The molecule has 0 aliphatic carbocycles. The van der Waals surface area contributed by atoms with Crippen LogP contribution in [-0.2, 0) is 6.42 Å². The summed E-state index contributed by atoms with van der Waals surface area (Å²) in [7, 11) is 0. The molecule has 1 aliphatic rings. The van der Waals surface area contributed by atoms with Crippen molar-refractivity contribution in [1.29, 1.82) is 0 Å². The van der Waals surface area contributed by atoms with Crippen molar-refractivity contribution in [2.24, 2.45) is 0 Å². The highest BCUT2D eigenvalue weighted by Crippen LogP contribution is 2.20. The molecule has 2 unspecified atom stereocenters. The lowest BCUT2D eigenvalue weighted by Crippen LogP contribution is -2.40. The molecule has 1 heterocycles. The van der Waals surface area contributed by atoms with Crippen LogP contribution in [0.4, 0.5) is 4.39 Å². The predicted molar refractivity (Wildman–Crippen MR) is 72.7 cm³/mol. The van der Waals surface area contributed by atoms with Crippen molar-refractivity contribution in [2.75, 3.05) is 0 Å². The second-order valence-electron chi connectivity index (χ2n) is 4.97. The minimum atomic E-state index is -0.0942. The van der Waals surface area contributed by atoms with Crippen LogP contribution in [-0.4, -0.2) is 12.1 Å². The number of piperidine rings is 1. The second kappa shape index (κ2) is 5.96. The number of aryl methyl sites for hydroxylation is 1. The molecule has 0 radical (unpaired) electrons. The van der Waals surface area contributed by atoms with E-state index in [0.29, 0.717) is 12.1 Å². The van der Waals surface area contributed by atoms with E-state index < -0.39 is 0 Å². The minimum absolute atomic E-state index is 0.0942. The monoisotopic (exact) mass is 299 g/mol. The van der Waals surface area contributed by atoms with Gasteiger partial charge in [-0.25, -0.2) is 4.39 Å². The van der Waals surface area contributed by atoms with Crippen LogP contribution in [0.1, 0.15) is 38.2 Å². The Hall–Kier alpha value is -0.410. The van der Waals surface area contributed by atoms with E-state index in [1.165, 1.54) is 19.3 Å². The van der Waals surface area contributed by atoms with E-state index in [4.69, 9.17) is 0 Å². The fourth-order valence-corrected chi connectivity index (χ4v) is 2.85. The fourth-order valence-electron chi connectivity index (χ4n) is 2.52. The van der Waals surface area contributed by atoms with Crippen molar-refractivity contribution in [3.05, 3.63) is 34.1 Å². The molecule has 0 bridgehead atoms. The first kappa shape index (κ1) is 13.0. The van der Waals surface area contributed by atoms with Crippen molar-refractivity contribution >= 4 is 15.9 Å². The van der Waals surface area contributed by atoms with Crippen LogP contribution < -0.4 is 5.32 Å². The summed E-state index contributed by atoms with van der Waals surface area (Å²) in [6.45, 7) is 2.23. The van der Waals surface area contributed by atoms with Crippen molar-refractivity contribution in [2.45, 2.75) is 51.1 Å². The number of hydrogen-bond acceptors (Lipinski definition) is 1. The number of hydrogen-bond donors (Lipinski definition) is 1. The van der Waals surface area contributed by atoms with Gasteiger partial charge in [0.05, 0.1) is 0 Å². The number of benzene rings is 1. The van der Waals surface area contributed by atoms with Gasteiger partial charge >= 0.3 is 0 Å². The Labute approximate surface area is 111 Å². The summed E-state index contributed by atoms with van der Waals surface area (Å²) < 4.78 is 14.4. The molecule has 0 aromatic heterocycles. The van der Waals surface area contributed by atoms with Gasteiger partial charge in [-0.05, 0) is 50.3 Å². The van der Waals surface area contributed by atoms with Gasteiger partial charge in [-0.3, -0.25) is 0 Å². The largest absolute Gasteiger partial charge is 0.311 e. The van der Waals surface area contributed by atoms with Gasteiger partial charge < -0.3 is 5.32 Å². The Balaban J connectivity index is 1.88. The van der Waals surface area contributed by atoms with Crippen molar-refractivity contribution in [3.63, 3.8) is 0 Å². The molecule has 0 spiro atoms. The van der Waals surface area contributed by atoms with Crippen LogP contribution in [0.25, 0.3) is 0 Å². The molecule has 3 heteroatoms. The molecule has 94 valence electrons. The maximum atomic E-state index is 13.6. The smallest absolute Gasteiger partial charge is 0.127 e. The van der Waals surface area contributed by atoms with Gasteiger partial charge in [-0.1, -0.05) is 28.4 Å². The third kappa shape index (κ3) is 3.78. The van der Waals surface area contributed by atoms with Gasteiger partial charge in [-0.2, -0.15) is 0 Å². The van der Waals surface area contributed by atoms with Crippen LogP contribution in [0.2, 0.25) is 0 Å². The molecule has 0 saturated carbocycles. The van der Waals surface area contributed by atoms with E-state index in [9.17, 15) is 4.39 Å². The summed E-state index contributed by atoms with van der Waals surface area (Å²) in [5.74, 6) is -0.0942. The molecule has 1 N–H and O–H groups in total. The average molecular weight is 300 g/mol. The van der Waals surface area contributed by atoms with Gasteiger partial charge in [0, 0.05) is 16.6 Å². The lowest BCUT2D eigenvalue weighted by Gasteiger charge is -2.28. The Morgan fingerprint density at radius 3 is 2.94 bits per heavy atom. The Kier molecular flexibility index (Phi) is 4.57.